The van der Waals surface area contributed by atoms with Gasteiger partial charge in [0.1, 0.15) is 5.69 Å². The van der Waals surface area contributed by atoms with E-state index in [1.54, 1.807) is 12.1 Å². The van der Waals surface area contributed by atoms with Crippen LogP contribution in [-0.4, -0.2) is 15.6 Å². The van der Waals surface area contributed by atoms with E-state index in [9.17, 15) is 9.90 Å². The molecule has 0 bridgehead atoms. The Bertz CT molecular complexity index is 822. The zero-order chi connectivity index (χ0) is 15.0. The van der Waals surface area contributed by atoms with Gasteiger partial charge in [-0.1, -0.05) is 48.0 Å². The second-order valence-corrected chi connectivity index (χ2v) is 5.24. The zero-order valence-electron chi connectivity index (χ0n) is 11.5. The molecule has 0 atom stereocenters. The fourth-order valence-corrected chi connectivity index (χ4v) is 2.95. The van der Waals surface area contributed by atoms with Crippen LogP contribution < -0.4 is 0 Å². The molecule has 0 amide bonds. The number of hydrogen-bond acceptors (Lipinski definition) is 1. The van der Waals surface area contributed by atoms with Gasteiger partial charge in [-0.15, -0.1) is 0 Å². The van der Waals surface area contributed by atoms with Crippen LogP contribution in [0.1, 0.15) is 17.4 Å². The molecule has 1 aromatic heterocycles. The first-order valence-corrected chi connectivity index (χ1v) is 7.11. The molecule has 1 N–H and O–H groups in total. The number of carbonyl (C=O) groups is 1. The van der Waals surface area contributed by atoms with E-state index < -0.39 is 5.97 Å². The third-order valence-electron chi connectivity index (χ3n) is 3.60. The van der Waals surface area contributed by atoms with E-state index in [2.05, 4.69) is 0 Å². The van der Waals surface area contributed by atoms with Crippen molar-refractivity contribution < 1.29 is 9.90 Å². The van der Waals surface area contributed by atoms with Crippen molar-refractivity contribution in [2.45, 2.75) is 13.5 Å². The van der Waals surface area contributed by atoms with Crippen LogP contribution in [0.5, 0.6) is 0 Å². The van der Waals surface area contributed by atoms with Crippen LogP contribution in [-0.2, 0) is 6.54 Å². The number of fused-ring (bicyclic) bond motifs is 1. The average molecular weight is 300 g/mol. The predicted octanol–water partition coefficient (Wildman–Crippen LogP) is 4.68. The molecule has 0 aliphatic heterocycles. The molecule has 3 aromatic rings. The molecule has 106 valence electrons. The zero-order valence-corrected chi connectivity index (χ0v) is 12.3. The largest absolute Gasteiger partial charge is 0.477 e. The van der Waals surface area contributed by atoms with Gasteiger partial charge in [0.25, 0.3) is 0 Å². The highest BCUT2D eigenvalue weighted by atomic mass is 35.5. The number of nitrogens with zero attached hydrogens (tertiary/aromatic N) is 1. The molecule has 0 aliphatic rings. The van der Waals surface area contributed by atoms with Crippen molar-refractivity contribution in [1.82, 2.24) is 4.57 Å². The fourth-order valence-electron chi connectivity index (χ4n) is 2.78. The molecule has 0 fully saturated rings. The van der Waals surface area contributed by atoms with Gasteiger partial charge >= 0.3 is 5.97 Å². The first kappa shape index (κ1) is 13.7. The predicted molar refractivity (Wildman–Crippen MR) is 85.0 cm³/mol. The number of aromatic carboxylic acids is 1. The van der Waals surface area contributed by atoms with Crippen LogP contribution in [0, 0.1) is 0 Å². The van der Waals surface area contributed by atoms with E-state index in [1.807, 2.05) is 47.9 Å². The van der Waals surface area contributed by atoms with Gasteiger partial charge in [-0.25, -0.2) is 4.79 Å². The molecule has 2 aromatic carbocycles. The van der Waals surface area contributed by atoms with E-state index in [4.69, 9.17) is 11.6 Å². The summed E-state index contributed by atoms with van der Waals surface area (Å²) in [6.07, 6.45) is 0. The van der Waals surface area contributed by atoms with Gasteiger partial charge in [0.2, 0.25) is 0 Å². The summed E-state index contributed by atoms with van der Waals surface area (Å²) in [4.78, 5) is 11.7. The maximum Gasteiger partial charge on any atom is 0.353 e. The number of carboxylic acids is 1. The van der Waals surface area contributed by atoms with E-state index in [1.165, 1.54) is 0 Å². The van der Waals surface area contributed by atoms with E-state index >= 15 is 0 Å². The Kier molecular flexibility index (Phi) is 3.43. The topological polar surface area (TPSA) is 42.2 Å². The van der Waals surface area contributed by atoms with Crippen LogP contribution in [0.25, 0.3) is 22.0 Å². The minimum atomic E-state index is -0.925. The molecule has 1 heterocycles. The summed E-state index contributed by atoms with van der Waals surface area (Å²) >= 11 is 6.11. The molecule has 21 heavy (non-hydrogen) atoms. The first-order chi connectivity index (χ1) is 10.1. The Morgan fingerprint density at radius 1 is 1.14 bits per heavy atom. The van der Waals surface area contributed by atoms with Crippen LogP contribution in [0.15, 0.2) is 48.5 Å². The maximum absolute atomic E-state index is 11.7. The number of halogens is 1. The summed E-state index contributed by atoms with van der Waals surface area (Å²) in [5.74, 6) is -0.925. The van der Waals surface area contributed by atoms with E-state index in [0.29, 0.717) is 22.6 Å². The van der Waals surface area contributed by atoms with Gasteiger partial charge in [-0.05, 0) is 24.6 Å². The molecule has 3 nitrogen and oxygen atoms in total. The molecular weight excluding hydrogens is 286 g/mol. The normalized spacial score (nSPS) is 11.0. The Hall–Kier alpha value is -2.26. The number of aromatic nitrogens is 1. The second-order valence-electron chi connectivity index (χ2n) is 4.80. The lowest BCUT2D eigenvalue weighted by Crippen LogP contribution is -2.08. The third-order valence-corrected chi connectivity index (χ3v) is 3.83. The molecule has 0 spiro atoms. The smallest absolute Gasteiger partial charge is 0.353 e. The van der Waals surface area contributed by atoms with Crippen LogP contribution >= 0.6 is 11.6 Å². The highest BCUT2D eigenvalue weighted by molar-refractivity contribution is 6.31. The third kappa shape index (κ3) is 2.20. The van der Waals surface area contributed by atoms with Crippen molar-refractivity contribution in [1.29, 1.82) is 0 Å². The maximum atomic E-state index is 11.7. The second kappa shape index (κ2) is 5.26. The van der Waals surface area contributed by atoms with Gasteiger partial charge in [0.05, 0.1) is 5.69 Å². The minimum Gasteiger partial charge on any atom is -0.477 e. The Morgan fingerprint density at radius 2 is 1.86 bits per heavy atom. The summed E-state index contributed by atoms with van der Waals surface area (Å²) in [6.45, 7) is 2.53. The number of rotatable bonds is 3. The van der Waals surface area contributed by atoms with Crippen molar-refractivity contribution in [3.05, 3.63) is 59.2 Å². The number of benzene rings is 2. The van der Waals surface area contributed by atoms with Crippen LogP contribution in [0.2, 0.25) is 5.02 Å². The van der Waals surface area contributed by atoms with Crippen molar-refractivity contribution in [3.63, 3.8) is 0 Å². The summed E-state index contributed by atoms with van der Waals surface area (Å²) in [7, 11) is 0. The standard InChI is InChI=1S/C17H14ClNO2/c1-2-19-15(11-6-4-3-5-7-11)14-10-12(18)8-9-13(14)16(19)17(20)21/h3-10H,2H2,1H3,(H,20,21). The lowest BCUT2D eigenvalue weighted by molar-refractivity contribution is 0.0688. The lowest BCUT2D eigenvalue weighted by Gasteiger charge is -2.09. The Morgan fingerprint density at radius 3 is 2.48 bits per heavy atom. The molecule has 0 unspecified atom stereocenters. The average Bonchev–Trinajstić information content (AvgIpc) is 2.81. The Balaban J connectivity index is 2.47. The summed E-state index contributed by atoms with van der Waals surface area (Å²) in [5.41, 5.74) is 2.19. The van der Waals surface area contributed by atoms with Gasteiger partial charge in [-0.3, -0.25) is 0 Å². The Labute approximate surface area is 127 Å². The number of carboxylic acid groups (broad SMARTS) is 1. The van der Waals surface area contributed by atoms with Gasteiger partial charge < -0.3 is 9.67 Å². The van der Waals surface area contributed by atoms with Crippen LogP contribution in [0.3, 0.4) is 0 Å². The van der Waals surface area contributed by atoms with Gasteiger partial charge in [0.15, 0.2) is 0 Å². The van der Waals surface area contributed by atoms with E-state index in [-0.39, 0.29) is 0 Å². The van der Waals surface area contributed by atoms with Crippen molar-refractivity contribution in [3.8, 4) is 11.3 Å². The molecule has 3 rings (SSSR count). The van der Waals surface area contributed by atoms with Gasteiger partial charge in [0, 0.05) is 22.3 Å². The SMILES string of the molecule is CCn1c(C(=O)O)c2ccc(Cl)cc2c1-c1ccccc1. The highest BCUT2D eigenvalue weighted by Gasteiger charge is 2.21. The highest BCUT2D eigenvalue weighted by Crippen LogP contribution is 2.35. The molecule has 4 heteroatoms. The summed E-state index contributed by atoms with van der Waals surface area (Å²) < 4.78 is 1.83. The van der Waals surface area contributed by atoms with Crippen molar-refractivity contribution in [2.24, 2.45) is 0 Å². The number of hydrogen-bond donors (Lipinski definition) is 1. The molecule has 0 saturated carbocycles. The molecule has 0 radical (unpaired) electrons. The molecule has 0 saturated heterocycles. The van der Waals surface area contributed by atoms with Crippen molar-refractivity contribution in [2.75, 3.05) is 0 Å². The minimum absolute atomic E-state index is 0.308. The molecular formula is C17H14ClNO2. The van der Waals surface area contributed by atoms with Crippen molar-refractivity contribution >= 4 is 28.3 Å². The van der Waals surface area contributed by atoms with Crippen LogP contribution in [0.4, 0.5) is 0 Å². The molecule has 0 aliphatic carbocycles. The fraction of sp³-hybridized carbons (Fsp3) is 0.118. The summed E-state index contributed by atoms with van der Waals surface area (Å²) in [6, 6.07) is 15.1. The van der Waals surface area contributed by atoms with Gasteiger partial charge in [-0.2, -0.15) is 0 Å². The lowest BCUT2D eigenvalue weighted by atomic mass is 10.1. The first-order valence-electron chi connectivity index (χ1n) is 6.74. The van der Waals surface area contributed by atoms with E-state index in [0.717, 1.165) is 16.6 Å². The monoisotopic (exact) mass is 299 g/mol. The summed E-state index contributed by atoms with van der Waals surface area (Å²) in [5, 5.41) is 11.8. The quantitative estimate of drug-likeness (QED) is 0.763.